The Morgan fingerprint density at radius 1 is 0.938 bits per heavy atom. The Morgan fingerprint density at radius 3 is 2.44 bits per heavy atom. The normalized spacial score (nSPS) is 16.8. The summed E-state index contributed by atoms with van der Waals surface area (Å²) in [5.41, 5.74) is 3.45. The standard InChI is InChI=1S/C26H33N3O2S/c1-4-26(2,3)22-10-12-23(13-11-22)32(30,31)29-17-7-16-28(18-19-29)20-21-14-15-27-25-9-6-5-8-24(21)25/h5-6,8-15H,4,7,16-20H2,1-3H3. The van der Waals surface area contributed by atoms with Crippen molar-refractivity contribution >= 4 is 20.9 Å². The lowest BCUT2D eigenvalue weighted by atomic mass is 9.82. The predicted octanol–water partition coefficient (Wildman–Crippen LogP) is 4.82. The van der Waals surface area contributed by atoms with E-state index in [-0.39, 0.29) is 5.41 Å². The van der Waals surface area contributed by atoms with E-state index in [2.05, 4.69) is 42.8 Å². The van der Waals surface area contributed by atoms with Crippen molar-refractivity contribution in [3.05, 3.63) is 71.9 Å². The van der Waals surface area contributed by atoms with Gasteiger partial charge < -0.3 is 0 Å². The van der Waals surface area contributed by atoms with Crippen LogP contribution >= 0.6 is 0 Å². The molecule has 2 heterocycles. The first-order chi connectivity index (χ1) is 15.3. The Hall–Kier alpha value is -2.28. The molecule has 0 radical (unpaired) electrons. The van der Waals surface area contributed by atoms with Crippen molar-refractivity contribution in [2.24, 2.45) is 0 Å². The number of nitrogens with zero attached hydrogens (tertiary/aromatic N) is 3. The second-order valence-corrected chi connectivity index (χ2v) is 11.2. The molecule has 1 aromatic heterocycles. The zero-order valence-electron chi connectivity index (χ0n) is 19.3. The first kappa shape index (κ1) is 22.9. The topological polar surface area (TPSA) is 53.5 Å². The van der Waals surface area contributed by atoms with Crippen LogP contribution in [0.4, 0.5) is 0 Å². The maximum absolute atomic E-state index is 13.3. The summed E-state index contributed by atoms with van der Waals surface area (Å²) >= 11 is 0. The Morgan fingerprint density at radius 2 is 1.69 bits per heavy atom. The molecule has 0 saturated carbocycles. The first-order valence-corrected chi connectivity index (χ1v) is 12.9. The van der Waals surface area contributed by atoms with Gasteiger partial charge in [0, 0.05) is 37.8 Å². The lowest BCUT2D eigenvalue weighted by Crippen LogP contribution is -2.35. The van der Waals surface area contributed by atoms with E-state index in [1.165, 1.54) is 16.5 Å². The van der Waals surface area contributed by atoms with Crippen molar-refractivity contribution in [3.8, 4) is 0 Å². The van der Waals surface area contributed by atoms with Gasteiger partial charge in [0.15, 0.2) is 0 Å². The largest absolute Gasteiger partial charge is 0.298 e. The SMILES string of the molecule is CCC(C)(C)c1ccc(S(=O)(=O)N2CCCN(Cc3ccnc4ccccc34)CC2)cc1. The molecule has 3 aromatic rings. The van der Waals surface area contributed by atoms with Crippen LogP contribution in [0, 0.1) is 0 Å². The molecule has 0 amide bonds. The Kier molecular flexibility index (Phi) is 6.65. The number of aromatic nitrogens is 1. The maximum Gasteiger partial charge on any atom is 0.243 e. The monoisotopic (exact) mass is 451 g/mol. The molecule has 1 saturated heterocycles. The first-order valence-electron chi connectivity index (χ1n) is 11.5. The molecule has 0 spiro atoms. The molecule has 5 nitrogen and oxygen atoms in total. The summed E-state index contributed by atoms with van der Waals surface area (Å²) in [7, 11) is -3.49. The van der Waals surface area contributed by atoms with E-state index in [9.17, 15) is 8.42 Å². The van der Waals surface area contributed by atoms with Crippen molar-refractivity contribution in [3.63, 3.8) is 0 Å². The molecular weight excluding hydrogens is 418 g/mol. The second kappa shape index (κ2) is 9.30. The third-order valence-corrected chi connectivity index (χ3v) is 8.75. The van der Waals surface area contributed by atoms with Crippen LogP contribution in [-0.4, -0.2) is 48.8 Å². The maximum atomic E-state index is 13.3. The van der Waals surface area contributed by atoms with Gasteiger partial charge in [0.1, 0.15) is 0 Å². The lowest BCUT2D eigenvalue weighted by Gasteiger charge is -2.25. The third kappa shape index (κ3) is 4.72. The minimum absolute atomic E-state index is 0.0442. The fourth-order valence-corrected chi connectivity index (χ4v) is 5.78. The third-order valence-electron chi connectivity index (χ3n) is 6.84. The number of para-hydroxylation sites is 1. The summed E-state index contributed by atoms with van der Waals surface area (Å²) in [4.78, 5) is 7.19. The Bertz CT molecular complexity index is 1170. The van der Waals surface area contributed by atoms with Gasteiger partial charge in [-0.15, -0.1) is 0 Å². The number of hydrogen-bond acceptors (Lipinski definition) is 4. The molecule has 1 aliphatic heterocycles. The van der Waals surface area contributed by atoms with Crippen molar-refractivity contribution in [2.75, 3.05) is 26.2 Å². The van der Waals surface area contributed by atoms with Gasteiger partial charge in [-0.3, -0.25) is 9.88 Å². The summed E-state index contributed by atoms with van der Waals surface area (Å²) in [6.07, 6.45) is 3.69. The smallest absolute Gasteiger partial charge is 0.243 e. The van der Waals surface area contributed by atoms with E-state index < -0.39 is 10.0 Å². The minimum Gasteiger partial charge on any atom is -0.298 e. The molecule has 170 valence electrons. The Labute approximate surface area is 192 Å². The quantitative estimate of drug-likeness (QED) is 0.539. The van der Waals surface area contributed by atoms with Crippen LogP contribution in [0.15, 0.2) is 65.7 Å². The van der Waals surface area contributed by atoms with E-state index >= 15 is 0 Å². The van der Waals surface area contributed by atoms with Crippen molar-refractivity contribution in [1.29, 1.82) is 0 Å². The molecule has 0 unspecified atom stereocenters. The number of fused-ring (bicyclic) bond motifs is 1. The molecule has 2 aromatic carbocycles. The molecule has 1 aliphatic rings. The fourth-order valence-electron chi connectivity index (χ4n) is 4.31. The fraction of sp³-hybridized carbons (Fsp3) is 0.423. The van der Waals surface area contributed by atoms with Gasteiger partial charge in [0.25, 0.3) is 0 Å². The van der Waals surface area contributed by atoms with Gasteiger partial charge in [0.05, 0.1) is 10.4 Å². The summed E-state index contributed by atoms with van der Waals surface area (Å²) < 4.78 is 28.3. The highest BCUT2D eigenvalue weighted by molar-refractivity contribution is 7.89. The number of hydrogen-bond donors (Lipinski definition) is 0. The van der Waals surface area contributed by atoms with Gasteiger partial charge in [0.2, 0.25) is 10.0 Å². The molecule has 0 bridgehead atoms. The van der Waals surface area contributed by atoms with Gasteiger partial charge in [-0.1, -0.05) is 51.1 Å². The average Bonchev–Trinajstić information content (AvgIpc) is 3.05. The van der Waals surface area contributed by atoms with Gasteiger partial charge in [-0.2, -0.15) is 4.31 Å². The number of sulfonamides is 1. The summed E-state index contributed by atoms with van der Waals surface area (Å²) in [5, 5.41) is 1.17. The van der Waals surface area contributed by atoms with Gasteiger partial charge >= 0.3 is 0 Å². The lowest BCUT2D eigenvalue weighted by molar-refractivity contribution is 0.279. The highest BCUT2D eigenvalue weighted by Crippen LogP contribution is 2.28. The summed E-state index contributed by atoms with van der Waals surface area (Å²) in [5.74, 6) is 0. The number of rotatable bonds is 6. The van der Waals surface area contributed by atoms with Gasteiger partial charge in [-0.25, -0.2) is 8.42 Å². The molecule has 6 heteroatoms. The second-order valence-electron chi connectivity index (χ2n) is 9.28. The molecule has 32 heavy (non-hydrogen) atoms. The van der Waals surface area contributed by atoms with Crippen molar-refractivity contribution in [1.82, 2.24) is 14.2 Å². The van der Waals surface area contributed by atoms with E-state index in [1.54, 1.807) is 16.4 Å². The summed E-state index contributed by atoms with van der Waals surface area (Å²) in [6.45, 7) is 9.99. The number of benzene rings is 2. The number of pyridine rings is 1. The van der Waals surface area contributed by atoms with Crippen LogP contribution in [0.3, 0.4) is 0 Å². The molecular formula is C26H33N3O2S. The highest BCUT2D eigenvalue weighted by atomic mass is 32.2. The van der Waals surface area contributed by atoms with E-state index in [1.807, 2.05) is 36.5 Å². The minimum atomic E-state index is -3.49. The van der Waals surface area contributed by atoms with Crippen LogP contribution in [0.1, 0.15) is 44.7 Å². The summed E-state index contributed by atoms with van der Waals surface area (Å²) in [6, 6.07) is 17.7. The van der Waals surface area contributed by atoms with Crippen LogP contribution < -0.4 is 0 Å². The van der Waals surface area contributed by atoms with Crippen LogP contribution in [-0.2, 0) is 22.0 Å². The molecule has 1 fully saturated rings. The van der Waals surface area contributed by atoms with E-state index in [0.29, 0.717) is 18.0 Å². The molecule has 0 aliphatic carbocycles. The van der Waals surface area contributed by atoms with Crippen molar-refractivity contribution in [2.45, 2.75) is 50.5 Å². The van der Waals surface area contributed by atoms with Crippen LogP contribution in [0.5, 0.6) is 0 Å². The molecule has 4 rings (SSSR count). The molecule has 0 atom stereocenters. The Balaban J connectivity index is 1.46. The predicted molar refractivity (Wildman–Crippen MR) is 130 cm³/mol. The zero-order chi connectivity index (χ0) is 22.8. The van der Waals surface area contributed by atoms with Gasteiger partial charge in [-0.05, 0) is 60.2 Å². The van der Waals surface area contributed by atoms with Crippen molar-refractivity contribution < 1.29 is 8.42 Å². The van der Waals surface area contributed by atoms with Crippen LogP contribution in [0.2, 0.25) is 0 Å². The average molecular weight is 452 g/mol. The highest BCUT2D eigenvalue weighted by Gasteiger charge is 2.28. The molecule has 0 N–H and O–H groups in total. The van der Waals surface area contributed by atoms with E-state index in [4.69, 9.17) is 0 Å². The zero-order valence-corrected chi connectivity index (χ0v) is 20.1. The van der Waals surface area contributed by atoms with Crippen LogP contribution in [0.25, 0.3) is 10.9 Å². The van der Waals surface area contributed by atoms with E-state index in [0.717, 1.165) is 38.0 Å².